The summed E-state index contributed by atoms with van der Waals surface area (Å²) in [7, 11) is 0. The summed E-state index contributed by atoms with van der Waals surface area (Å²) in [5.41, 5.74) is -0.265. The lowest BCUT2D eigenvalue weighted by molar-refractivity contribution is 0.102. The maximum absolute atomic E-state index is 13.4. The second-order valence-corrected chi connectivity index (χ2v) is 3.75. The molecule has 0 bridgehead atoms. The molecule has 1 aromatic heterocycles. The Kier molecular flexibility index (Phi) is 4.19. The van der Waals surface area contributed by atoms with Gasteiger partial charge in [-0.2, -0.15) is 0 Å². The normalized spacial score (nSPS) is 10.2. The molecule has 0 fully saturated rings. The first-order chi connectivity index (χ1) is 9.60. The summed E-state index contributed by atoms with van der Waals surface area (Å²) < 4.78 is 31.5. The summed E-state index contributed by atoms with van der Waals surface area (Å²) in [5, 5.41) is 2.24. The second kappa shape index (κ2) is 6.05. The van der Waals surface area contributed by atoms with Crippen molar-refractivity contribution in [2.45, 2.75) is 6.92 Å². The highest BCUT2D eigenvalue weighted by molar-refractivity contribution is 6.03. The van der Waals surface area contributed by atoms with E-state index < -0.39 is 17.5 Å². The Morgan fingerprint density at radius 2 is 2.10 bits per heavy atom. The van der Waals surface area contributed by atoms with Crippen molar-refractivity contribution in [1.29, 1.82) is 0 Å². The van der Waals surface area contributed by atoms with Crippen LogP contribution in [0, 0.1) is 11.6 Å². The van der Waals surface area contributed by atoms with E-state index in [9.17, 15) is 13.6 Å². The summed E-state index contributed by atoms with van der Waals surface area (Å²) in [5.74, 6) is -1.84. The topological polar surface area (TPSA) is 64.1 Å². The summed E-state index contributed by atoms with van der Waals surface area (Å²) >= 11 is 0. The van der Waals surface area contributed by atoms with Gasteiger partial charge < -0.3 is 10.1 Å². The van der Waals surface area contributed by atoms with Crippen molar-refractivity contribution >= 4 is 11.6 Å². The fourth-order valence-electron chi connectivity index (χ4n) is 1.47. The Balaban J connectivity index is 2.19. The van der Waals surface area contributed by atoms with Gasteiger partial charge in [0.2, 0.25) is 5.88 Å². The van der Waals surface area contributed by atoms with Gasteiger partial charge >= 0.3 is 0 Å². The van der Waals surface area contributed by atoms with Crippen molar-refractivity contribution in [3.05, 3.63) is 47.9 Å². The molecular weight excluding hydrogens is 268 g/mol. The van der Waals surface area contributed by atoms with Crippen LogP contribution in [0.1, 0.15) is 17.4 Å². The predicted octanol–water partition coefficient (Wildman–Crippen LogP) is 2.41. The van der Waals surface area contributed by atoms with Crippen molar-refractivity contribution in [1.82, 2.24) is 9.97 Å². The second-order valence-electron chi connectivity index (χ2n) is 3.75. The number of hydrogen-bond donors (Lipinski definition) is 1. The van der Waals surface area contributed by atoms with Gasteiger partial charge in [-0.3, -0.25) is 4.79 Å². The van der Waals surface area contributed by atoms with E-state index in [0.717, 1.165) is 24.5 Å². The van der Waals surface area contributed by atoms with Gasteiger partial charge in [-0.15, -0.1) is 0 Å². The highest BCUT2D eigenvalue weighted by Crippen LogP contribution is 2.16. The molecule has 0 radical (unpaired) electrons. The molecule has 0 atom stereocenters. The van der Waals surface area contributed by atoms with Crippen LogP contribution in [0.5, 0.6) is 5.88 Å². The summed E-state index contributed by atoms with van der Waals surface area (Å²) in [4.78, 5) is 19.4. The quantitative estimate of drug-likeness (QED) is 0.933. The van der Waals surface area contributed by atoms with Crippen LogP contribution in [-0.4, -0.2) is 22.5 Å². The zero-order valence-electron chi connectivity index (χ0n) is 10.6. The Morgan fingerprint density at radius 1 is 1.30 bits per heavy atom. The van der Waals surface area contributed by atoms with Crippen molar-refractivity contribution in [2.24, 2.45) is 0 Å². The number of ether oxygens (including phenoxy) is 1. The zero-order valence-corrected chi connectivity index (χ0v) is 10.6. The van der Waals surface area contributed by atoms with E-state index in [2.05, 4.69) is 15.3 Å². The largest absolute Gasteiger partial charge is 0.478 e. The molecule has 2 rings (SSSR count). The first-order valence-electron chi connectivity index (χ1n) is 5.81. The number of rotatable bonds is 4. The molecule has 0 saturated heterocycles. The van der Waals surface area contributed by atoms with Gasteiger partial charge in [0, 0.05) is 12.1 Å². The van der Waals surface area contributed by atoms with Gasteiger partial charge in [-0.1, -0.05) is 0 Å². The van der Waals surface area contributed by atoms with Gasteiger partial charge in [-0.05, 0) is 19.1 Å². The standard InChI is InChI=1S/C13H11F2N3O2/c1-2-20-12-6-11(16-7-17-12)13(19)18-10-5-8(14)3-4-9(10)15/h3-7H,2H2,1H3,(H,18,19). The third-order valence-electron chi connectivity index (χ3n) is 2.34. The monoisotopic (exact) mass is 279 g/mol. The van der Waals surface area contributed by atoms with Crippen molar-refractivity contribution in [3.8, 4) is 5.88 Å². The first-order valence-corrected chi connectivity index (χ1v) is 5.81. The minimum Gasteiger partial charge on any atom is -0.478 e. The number of carbonyl (C=O) groups excluding carboxylic acids is 1. The van der Waals surface area contributed by atoms with Crippen molar-refractivity contribution in [2.75, 3.05) is 11.9 Å². The molecule has 1 amide bonds. The lowest BCUT2D eigenvalue weighted by atomic mass is 10.2. The van der Waals surface area contributed by atoms with E-state index in [1.807, 2.05) is 0 Å². The van der Waals surface area contributed by atoms with Gasteiger partial charge in [0.25, 0.3) is 5.91 Å². The lowest BCUT2D eigenvalue weighted by Crippen LogP contribution is -2.15. The molecule has 0 aliphatic carbocycles. The van der Waals surface area contributed by atoms with Crippen molar-refractivity contribution in [3.63, 3.8) is 0 Å². The number of nitrogens with zero attached hydrogens (tertiary/aromatic N) is 2. The highest BCUT2D eigenvalue weighted by Gasteiger charge is 2.12. The number of carbonyl (C=O) groups is 1. The summed E-state index contributed by atoms with van der Waals surface area (Å²) in [6, 6.07) is 4.09. The Bertz CT molecular complexity index is 635. The third kappa shape index (κ3) is 3.25. The average molecular weight is 279 g/mol. The van der Waals surface area contributed by atoms with Crippen LogP contribution in [0.25, 0.3) is 0 Å². The maximum Gasteiger partial charge on any atom is 0.274 e. The van der Waals surface area contributed by atoms with Crippen LogP contribution in [-0.2, 0) is 0 Å². The minimum absolute atomic E-state index is 0.00730. The molecule has 2 aromatic rings. The van der Waals surface area contributed by atoms with E-state index in [1.54, 1.807) is 6.92 Å². The SMILES string of the molecule is CCOc1cc(C(=O)Nc2cc(F)ccc2F)ncn1. The average Bonchev–Trinajstić information content (AvgIpc) is 2.43. The number of hydrogen-bond acceptors (Lipinski definition) is 4. The molecule has 104 valence electrons. The molecule has 1 heterocycles. The zero-order chi connectivity index (χ0) is 14.5. The lowest BCUT2D eigenvalue weighted by Gasteiger charge is -2.07. The number of halogens is 2. The fraction of sp³-hybridized carbons (Fsp3) is 0.154. The molecular formula is C13H11F2N3O2. The van der Waals surface area contributed by atoms with E-state index >= 15 is 0 Å². The molecule has 5 nitrogen and oxygen atoms in total. The molecule has 0 aliphatic rings. The predicted molar refractivity (Wildman–Crippen MR) is 67.5 cm³/mol. The third-order valence-corrected chi connectivity index (χ3v) is 2.34. The Morgan fingerprint density at radius 3 is 2.85 bits per heavy atom. The Labute approximate surface area is 113 Å². The molecule has 0 saturated carbocycles. The van der Waals surface area contributed by atoms with Crippen LogP contribution in [0.3, 0.4) is 0 Å². The molecule has 0 aliphatic heterocycles. The Hall–Kier alpha value is -2.57. The number of anilines is 1. The smallest absolute Gasteiger partial charge is 0.274 e. The van der Waals surface area contributed by atoms with E-state index in [0.29, 0.717) is 6.61 Å². The first kappa shape index (κ1) is 13.9. The molecule has 7 heteroatoms. The van der Waals surface area contributed by atoms with Crippen LogP contribution < -0.4 is 10.1 Å². The molecule has 20 heavy (non-hydrogen) atoms. The van der Waals surface area contributed by atoms with Crippen LogP contribution >= 0.6 is 0 Å². The van der Waals surface area contributed by atoms with Crippen LogP contribution in [0.4, 0.5) is 14.5 Å². The molecule has 0 spiro atoms. The number of nitrogens with one attached hydrogen (secondary N) is 1. The van der Waals surface area contributed by atoms with E-state index in [1.165, 1.54) is 6.07 Å². The molecule has 1 aromatic carbocycles. The number of benzene rings is 1. The van der Waals surface area contributed by atoms with Crippen LogP contribution in [0.15, 0.2) is 30.6 Å². The fourth-order valence-corrected chi connectivity index (χ4v) is 1.47. The van der Waals surface area contributed by atoms with Crippen molar-refractivity contribution < 1.29 is 18.3 Å². The van der Waals surface area contributed by atoms with E-state index in [4.69, 9.17) is 4.74 Å². The minimum atomic E-state index is -0.737. The summed E-state index contributed by atoms with van der Waals surface area (Å²) in [6.45, 7) is 2.15. The van der Waals surface area contributed by atoms with Gasteiger partial charge in [0.1, 0.15) is 23.7 Å². The number of aromatic nitrogens is 2. The molecule has 0 unspecified atom stereocenters. The highest BCUT2D eigenvalue weighted by atomic mass is 19.1. The van der Waals surface area contributed by atoms with E-state index in [-0.39, 0.29) is 17.3 Å². The van der Waals surface area contributed by atoms with Crippen LogP contribution in [0.2, 0.25) is 0 Å². The van der Waals surface area contributed by atoms with Gasteiger partial charge in [-0.25, -0.2) is 18.7 Å². The maximum atomic E-state index is 13.4. The number of amides is 1. The molecule has 1 N–H and O–H groups in total. The van der Waals surface area contributed by atoms with Gasteiger partial charge in [0.05, 0.1) is 12.3 Å². The van der Waals surface area contributed by atoms with Gasteiger partial charge in [0.15, 0.2) is 0 Å². The summed E-state index contributed by atoms with van der Waals surface area (Å²) in [6.07, 6.45) is 1.15.